The number of aromatic nitrogens is 1. The largest absolute Gasteiger partial charge is 0.294 e. The van der Waals surface area contributed by atoms with Gasteiger partial charge in [0, 0.05) is 23.4 Å². The fourth-order valence-corrected chi connectivity index (χ4v) is 2.26. The molecule has 1 aromatic carbocycles. The Morgan fingerprint density at radius 2 is 1.63 bits per heavy atom. The molecular formula is C17H19NO. The van der Waals surface area contributed by atoms with E-state index in [1.165, 1.54) is 11.1 Å². The Morgan fingerprint density at radius 3 is 2.26 bits per heavy atom. The van der Waals surface area contributed by atoms with Gasteiger partial charge in [-0.25, -0.2) is 0 Å². The van der Waals surface area contributed by atoms with Crippen LogP contribution in [0.5, 0.6) is 0 Å². The number of carbonyl (C=O) groups is 1. The minimum atomic E-state index is 0.155. The van der Waals surface area contributed by atoms with Crippen molar-refractivity contribution in [2.75, 3.05) is 0 Å². The van der Waals surface area contributed by atoms with Gasteiger partial charge in [-0.2, -0.15) is 0 Å². The second-order valence-electron chi connectivity index (χ2n) is 5.17. The zero-order chi connectivity index (χ0) is 14.0. The van der Waals surface area contributed by atoms with Gasteiger partial charge in [0.05, 0.1) is 0 Å². The molecular weight excluding hydrogens is 234 g/mol. The number of hydrogen-bond donors (Lipinski definition) is 0. The zero-order valence-corrected chi connectivity index (χ0v) is 11.9. The highest BCUT2D eigenvalue weighted by atomic mass is 16.1. The Bertz CT molecular complexity index is 609. The van der Waals surface area contributed by atoms with E-state index in [0.717, 1.165) is 22.5 Å². The van der Waals surface area contributed by atoms with Crippen molar-refractivity contribution in [2.45, 2.75) is 34.1 Å². The third kappa shape index (κ3) is 3.28. The second-order valence-corrected chi connectivity index (χ2v) is 5.17. The van der Waals surface area contributed by atoms with Crippen molar-refractivity contribution >= 4 is 5.78 Å². The summed E-state index contributed by atoms with van der Waals surface area (Å²) in [7, 11) is 0. The molecule has 0 radical (unpaired) electrons. The molecule has 19 heavy (non-hydrogen) atoms. The smallest absolute Gasteiger partial charge is 0.167 e. The standard InChI is InChI=1S/C17H19NO/c1-11-5-6-12(2)15(7-11)10-17(19)16-8-13(3)18-14(4)9-16/h5-9H,10H2,1-4H3. The van der Waals surface area contributed by atoms with Crippen LogP contribution < -0.4 is 0 Å². The number of aryl methyl sites for hydroxylation is 4. The van der Waals surface area contributed by atoms with Crippen LogP contribution in [-0.2, 0) is 6.42 Å². The monoisotopic (exact) mass is 253 g/mol. The predicted molar refractivity (Wildman–Crippen MR) is 77.7 cm³/mol. The predicted octanol–water partition coefficient (Wildman–Crippen LogP) is 3.74. The lowest BCUT2D eigenvalue weighted by molar-refractivity contribution is 0.0992. The summed E-state index contributed by atoms with van der Waals surface area (Å²) >= 11 is 0. The first kappa shape index (κ1) is 13.5. The molecule has 0 aliphatic rings. The van der Waals surface area contributed by atoms with Crippen LogP contribution in [0.15, 0.2) is 30.3 Å². The number of benzene rings is 1. The second kappa shape index (κ2) is 5.35. The number of Topliss-reactive ketones (excluding diaryl/α,β-unsaturated/α-hetero) is 1. The molecule has 2 rings (SSSR count). The van der Waals surface area contributed by atoms with Crippen LogP contribution in [0.4, 0.5) is 0 Å². The fourth-order valence-electron chi connectivity index (χ4n) is 2.26. The van der Waals surface area contributed by atoms with Gasteiger partial charge in [-0.1, -0.05) is 23.8 Å². The summed E-state index contributed by atoms with van der Waals surface area (Å²) in [6.07, 6.45) is 0.455. The normalized spacial score (nSPS) is 10.5. The van der Waals surface area contributed by atoms with E-state index in [-0.39, 0.29) is 5.78 Å². The van der Waals surface area contributed by atoms with Crippen LogP contribution in [0.2, 0.25) is 0 Å². The van der Waals surface area contributed by atoms with Gasteiger partial charge in [-0.3, -0.25) is 9.78 Å². The first-order valence-electron chi connectivity index (χ1n) is 6.50. The Labute approximate surface area is 114 Å². The van der Waals surface area contributed by atoms with Gasteiger partial charge in [-0.15, -0.1) is 0 Å². The van der Waals surface area contributed by atoms with E-state index in [4.69, 9.17) is 0 Å². The molecule has 1 heterocycles. The summed E-state index contributed by atoms with van der Waals surface area (Å²) in [6, 6.07) is 9.96. The molecule has 2 heteroatoms. The van der Waals surface area contributed by atoms with Crippen LogP contribution in [0.1, 0.15) is 38.4 Å². The first-order valence-corrected chi connectivity index (χ1v) is 6.50. The molecule has 0 saturated carbocycles. The van der Waals surface area contributed by atoms with E-state index in [1.807, 2.05) is 39.8 Å². The van der Waals surface area contributed by atoms with Crippen LogP contribution in [-0.4, -0.2) is 10.8 Å². The summed E-state index contributed by atoms with van der Waals surface area (Å²) in [5.74, 6) is 0.155. The highest BCUT2D eigenvalue weighted by Crippen LogP contribution is 2.15. The van der Waals surface area contributed by atoms with E-state index < -0.39 is 0 Å². The van der Waals surface area contributed by atoms with Gasteiger partial charge in [0.15, 0.2) is 5.78 Å². The summed E-state index contributed by atoms with van der Waals surface area (Å²) in [4.78, 5) is 16.7. The van der Waals surface area contributed by atoms with Crippen molar-refractivity contribution in [1.29, 1.82) is 0 Å². The molecule has 0 saturated heterocycles. The number of carbonyl (C=O) groups excluding carboxylic acids is 1. The van der Waals surface area contributed by atoms with Crippen LogP contribution >= 0.6 is 0 Å². The number of ketones is 1. The highest BCUT2D eigenvalue weighted by molar-refractivity contribution is 5.97. The van der Waals surface area contributed by atoms with E-state index in [9.17, 15) is 4.79 Å². The van der Waals surface area contributed by atoms with Crippen molar-refractivity contribution < 1.29 is 4.79 Å². The fraction of sp³-hybridized carbons (Fsp3) is 0.294. The average Bonchev–Trinajstić information content (AvgIpc) is 2.32. The van der Waals surface area contributed by atoms with Crippen LogP contribution in [0.3, 0.4) is 0 Å². The summed E-state index contributed by atoms with van der Waals surface area (Å²) in [6.45, 7) is 7.93. The van der Waals surface area contributed by atoms with Gasteiger partial charge in [0.1, 0.15) is 0 Å². The van der Waals surface area contributed by atoms with Gasteiger partial charge in [0.25, 0.3) is 0 Å². The maximum Gasteiger partial charge on any atom is 0.167 e. The molecule has 98 valence electrons. The maximum atomic E-state index is 12.4. The van der Waals surface area contributed by atoms with Crippen LogP contribution in [0, 0.1) is 27.7 Å². The quantitative estimate of drug-likeness (QED) is 0.780. The van der Waals surface area contributed by atoms with Crippen molar-refractivity contribution in [3.63, 3.8) is 0 Å². The maximum absolute atomic E-state index is 12.4. The molecule has 0 spiro atoms. The van der Waals surface area contributed by atoms with Crippen LogP contribution in [0.25, 0.3) is 0 Å². The third-order valence-corrected chi connectivity index (χ3v) is 3.26. The van der Waals surface area contributed by atoms with Gasteiger partial charge >= 0.3 is 0 Å². The number of pyridine rings is 1. The molecule has 0 N–H and O–H groups in total. The third-order valence-electron chi connectivity index (χ3n) is 3.26. The lowest BCUT2D eigenvalue weighted by atomic mass is 9.97. The Hall–Kier alpha value is -1.96. The van der Waals surface area contributed by atoms with Gasteiger partial charge in [-0.05, 0) is 51.0 Å². The topological polar surface area (TPSA) is 30.0 Å². The van der Waals surface area contributed by atoms with E-state index >= 15 is 0 Å². The molecule has 2 nitrogen and oxygen atoms in total. The van der Waals surface area contributed by atoms with Crippen molar-refractivity contribution in [2.24, 2.45) is 0 Å². The lowest BCUT2D eigenvalue weighted by Gasteiger charge is -2.08. The van der Waals surface area contributed by atoms with E-state index in [0.29, 0.717) is 6.42 Å². The molecule has 0 aliphatic carbocycles. The van der Waals surface area contributed by atoms with Crippen molar-refractivity contribution in [3.05, 3.63) is 64.0 Å². The summed E-state index contributed by atoms with van der Waals surface area (Å²) < 4.78 is 0. The Balaban J connectivity index is 2.28. The number of nitrogens with zero attached hydrogens (tertiary/aromatic N) is 1. The molecule has 2 aromatic rings. The van der Waals surface area contributed by atoms with Crippen molar-refractivity contribution in [3.8, 4) is 0 Å². The highest BCUT2D eigenvalue weighted by Gasteiger charge is 2.10. The minimum Gasteiger partial charge on any atom is -0.294 e. The number of rotatable bonds is 3. The zero-order valence-electron chi connectivity index (χ0n) is 11.9. The molecule has 0 aliphatic heterocycles. The first-order chi connectivity index (χ1) is 8.95. The molecule has 0 unspecified atom stereocenters. The number of hydrogen-bond acceptors (Lipinski definition) is 2. The molecule has 0 atom stereocenters. The Morgan fingerprint density at radius 1 is 1.00 bits per heavy atom. The summed E-state index contributed by atoms with van der Waals surface area (Å²) in [5.41, 5.74) is 6.01. The lowest BCUT2D eigenvalue weighted by Crippen LogP contribution is -2.06. The molecule has 0 bridgehead atoms. The molecule has 0 amide bonds. The van der Waals surface area contributed by atoms with Crippen molar-refractivity contribution in [1.82, 2.24) is 4.98 Å². The SMILES string of the molecule is Cc1ccc(C)c(CC(=O)c2cc(C)nc(C)c2)c1. The Kier molecular flexibility index (Phi) is 3.79. The van der Waals surface area contributed by atoms with E-state index in [2.05, 4.69) is 23.2 Å². The molecule has 0 fully saturated rings. The van der Waals surface area contributed by atoms with Gasteiger partial charge in [0.2, 0.25) is 0 Å². The average molecular weight is 253 g/mol. The summed E-state index contributed by atoms with van der Waals surface area (Å²) in [5, 5.41) is 0. The van der Waals surface area contributed by atoms with E-state index in [1.54, 1.807) is 0 Å². The minimum absolute atomic E-state index is 0.155. The molecule has 1 aromatic heterocycles. The van der Waals surface area contributed by atoms with Gasteiger partial charge < -0.3 is 0 Å².